The SMILES string of the molecule is Cc1cc(C(=O)Nc2ccc(-c3nnc4n3CCCCC4)cc2)on1. The molecule has 2 aromatic heterocycles. The molecule has 0 saturated heterocycles. The maximum absolute atomic E-state index is 12.1. The van der Waals surface area contributed by atoms with E-state index in [1.807, 2.05) is 24.3 Å². The molecule has 0 radical (unpaired) electrons. The molecule has 4 rings (SSSR count). The first kappa shape index (κ1) is 15.6. The average molecular weight is 337 g/mol. The third-order valence-electron chi connectivity index (χ3n) is 4.36. The van der Waals surface area contributed by atoms with Gasteiger partial charge in [0.15, 0.2) is 5.82 Å². The molecule has 0 spiro atoms. The van der Waals surface area contributed by atoms with Gasteiger partial charge in [-0.2, -0.15) is 0 Å². The lowest BCUT2D eigenvalue weighted by Crippen LogP contribution is -2.10. The van der Waals surface area contributed by atoms with Gasteiger partial charge in [-0.25, -0.2) is 0 Å². The molecule has 25 heavy (non-hydrogen) atoms. The van der Waals surface area contributed by atoms with Crippen molar-refractivity contribution in [1.82, 2.24) is 19.9 Å². The summed E-state index contributed by atoms with van der Waals surface area (Å²) in [5.74, 6) is 1.83. The molecule has 1 aliphatic rings. The van der Waals surface area contributed by atoms with Gasteiger partial charge in [-0.15, -0.1) is 10.2 Å². The minimum Gasteiger partial charge on any atom is -0.351 e. The van der Waals surface area contributed by atoms with Gasteiger partial charge in [0.2, 0.25) is 5.76 Å². The molecule has 0 saturated carbocycles. The molecule has 7 nitrogen and oxygen atoms in total. The van der Waals surface area contributed by atoms with E-state index in [1.54, 1.807) is 13.0 Å². The van der Waals surface area contributed by atoms with E-state index in [0.717, 1.165) is 36.6 Å². The van der Waals surface area contributed by atoms with Crippen molar-refractivity contribution in [2.45, 2.75) is 39.2 Å². The highest BCUT2D eigenvalue weighted by Gasteiger charge is 2.16. The van der Waals surface area contributed by atoms with Crippen molar-refractivity contribution in [3.63, 3.8) is 0 Å². The number of hydrogen-bond acceptors (Lipinski definition) is 5. The molecule has 7 heteroatoms. The van der Waals surface area contributed by atoms with Crippen LogP contribution in [0.2, 0.25) is 0 Å². The Kier molecular flexibility index (Phi) is 4.05. The third-order valence-corrected chi connectivity index (χ3v) is 4.36. The Labute approximate surface area is 145 Å². The van der Waals surface area contributed by atoms with Crippen molar-refractivity contribution in [1.29, 1.82) is 0 Å². The van der Waals surface area contributed by atoms with Gasteiger partial charge in [-0.3, -0.25) is 4.79 Å². The summed E-state index contributed by atoms with van der Waals surface area (Å²) in [5.41, 5.74) is 2.36. The first-order valence-electron chi connectivity index (χ1n) is 8.48. The smallest absolute Gasteiger partial charge is 0.294 e. The fraction of sp³-hybridized carbons (Fsp3) is 0.333. The predicted octanol–water partition coefficient (Wildman–Crippen LogP) is 3.22. The van der Waals surface area contributed by atoms with E-state index in [-0.39, 0.29) is 11.7 Å². The van der Waals surface area contributed by atoms with Crippen LogP contribution in [0, 0.1) is 6.92 Å². The molecule has 1 aromatic carbocycles. The van der Waals surface area contributed by atoms with E-state index >= 15 is 0 Å². The van der Waals surface area contributed by atoms with Crippen LogP contribution in [0.1, 0.15) is 41.3 Å². The monoisotopic (exact) mass is 337 g/mol. The maximum Gasteiger partial charge on any atom is 0.294 e. The average Bonchev–Trinajstić information content (AvgIpc) is 3.16. The number of aromatic nitrogens is 4. The Morgan fingerprint density at radius 1 is 1.16 bits per heavy atom. The molecule has 1 amide bonds. The van der Waals surface area contributed by atoms with Crippen LogP contribution >= 0.6 is 0 Å². The van der Waals surface area contributed by atoms with Crippen LogP contribution in [-0.4, -0.2) is 25.8 Å². The van der Waals surface area contributed by atoms with Crippen LogP contribution in [0.3, 0.4) is 0 Å². The molecule has 0 bridgehead atoms. The fourth-order valence-corrected chi connectivity index (χ4v) is 3.06. The lowest BCUT2D eigenvalue weighted by atomic mass is 10.2. The summed E-state index contributed by atoms with van der Waals surface area (Å²) < 4.78 is 7.18. The number of hydrogen-bond donors (Lipinski definition) is 1. The van der Waals surface area contributed by atoms with Crippen molar-refractivity contribution < 1.29 is 9.32 Å². The second kappa shape index (κ2) is 6.51. The summed E-state index contributed by atoms with van der Waals surface area (Å²) in [7, 11) is 0. The molecule has 3 aromatic rings. The van der Waals surface area contributed by atoms with E-state index in [1.165, 1.54) is 12.8 Å². The number of fused-ring (bicyclic) bond motifs is 1. The van der Waals surface area contributed by atoms with E-state index in [4.69, 9.17) is 4.52 Å². The molecule has 0 fully saturated rings. The molecule has 0 atom stereocenters. The van der Waals surface area contributed by atoms with Crippen molar-refractivity contribution in [3.8, 4) is 11.4 Å². The zero-order valence-electron chi connectivity index (χ0n) is 14.0. The third kappa shape index (κ3) is 3.17. The first-order valence-corrected chi connectivity index (χ1v) is 8.48. The minimum atomic E-state index is -0.315. The molecule has 3 heterocycles. The number of benzene rings is 1. The number of anilines is 1. The highest BCUT2D eigenvalue weighted by Crippen LogP contribution is 2.24. The molecule has 1 N–H and O–H groups in total. The second-order valence-corrected chi connectivity index (χ2v) is 6.27. The van der Waals surface area contributed by atoms with Crippen LogP contribution in [-0.2, 0) is 13.0 Å². The van der Waals surface area contributed by atoms with Gasteiger partial charge in [0.1, 0.15) is 5.82 Å². The van der Waals surface area contributed by atoms with E-state index in [2.05, 4.69) is 25.2 Å². The van der Waals surface area contributed by atoms with Crippen molar-refractivity contribution in [2.24, 2.45) is 0 Å². The Morgan fingerprint density at radius 2 is 2.00 bits per heavy atom. The second-order valence-electron chi connectivity index (χ2n) is 6.27. The Balaban J connectivity index is 1.52. The van der Waals surface area contributed by atoms with Crippen LogP contribution in [0.5, 0.6) is 0 Å². The van der Waals surface area contributed by atoms with Crippen molar-refractivity contribution >= 4 is 11.6 Å². The maximum atomic E-state index is 12.1. The van der Waals surface area contributed by atoms with Crippen LogP contribution in [0.15, 0.2) is 34.9 Å². The van der Waals surface area contributed by atoms with Gasteiger partial charge in [0, 0.05) is 30.3 Å². The van der Waals surface area contributed by atoms with Gasteiger partial charge in [-0.1, -0.05) is 11.6 Å². The quantitative estimate of drug-likeness (QED) is 0.793. The topological polar surface area (TPSA) is 85.8 Å². The van der Waals surface area contributed by atoms with Gasteiger partial charge < -0.3 is 14.4 Å². The summed E-state index contributed by atoms with van der Waals surface area (Å²) in [6.07, 6.45) is 4.54. The molecule has 1 aliphatic heterocycles. The van der Waals surface area contributed by atoms with Crippen molar-refractivity contribution in [2.75, 3.05) is 5.32 Å². The van der Waals surface area contributed by atoms with E-state index < -0.39 is 0 Å². The summed E-state index contributed by atoms with van der Waals surface area (Å²) in [4.78, 5) is 12.1. The minimum absolute atomic E-state index is 0.198. The van der Waals surface area contributed by atoms with E-state index in [9.17, 15) is 4.79 Å². The number of carbonyl (C=O) groups excluding carboxylic acids is 1. The number of rotatable bonds is 3. The summed E-state index contributed by atoms with van der Waals surface area (Å²) >= 11 is 0. The molecular weight excluding hydrogens is 318 g/mol. The number of aryl methyl sites for hydroxylation is 2. The Bertz CT molecular complexity index is 895. The Hall–Kier alpha value is -2.96. The van der Waals surface area contributed by atoms with Crippen LogP contribution in [0.25, 0.3) is 11.4 Å². The number of carbonyl (C=O) groups is 1. The fourth-order valence-electron chi connectivity index (χ4n) is 3.06. The summed E-state index contributed by atoms with van der Waals surface area (Å²) in [6.45, 7) is 2.73. The Morgan fingerprint density at radius 3 is 2.76 bits per heavy atom. The predicted molar refractivity (Wildman–Crippen MR) is 92.2 cm³/mol. The molecule has 128 valence electrons. The summed E-state index contributed by atoms with van der Waals surface area (Å²) in [5, 5.41) is 15.2. The zero-order chi connectivity index (χ0) is 17.2. The van der Waals surface area contributed by atoms with Crippen molar-refractivity contribution in [3.05, 3.63) is 47.6 Å². The van der Waals surface area contributed by atoms with Crippen LogP contribution in [0.4, 0.5) is 5.69 Å². The van der Waals surface area contributed by atoms with Gasteiger partial charge >= 0.3 is 0 Å². The summed E-state index contributed by atoms with van der Waals surface area (Å²) in [6, 6.07) is 9.21. The molecule has 0 aliphatic carbocycles. The van der Waals surface area contributed by atoms with Gasteiger partial charge in [0.25, 0.3) is 5.91 Å². The lowest BCUT2D eigenvalue weighted by Gasteiger charge is -2.08. The first-order chi connectivity index (χ1) is 12.2. The van der Waals surface area contributed by atoms with E-state index in [0.29, 0.717) is 11.4 Å². The molecular formula is C18H19N5O2. The lowest BCUT2D eigenvalue weighted by molar-refractivity contribution is 0.0988. The van der Waals surface area contributed by atoms with Crippen LogP contribution < -0.4 is 5.32 Å². The van der Waals surface area contributed by atoms with Gasteiger partial charge in [0.05, 0.1) is 5.69 Å². The largest absolute Gasteiger partial charge is 0.351 e. The normalized spacial score (nSPS) is 14.0. The number of nitrogens with zero attached hydrogens (tertiary/aromatic N) is 4. The number of amides is 1. The standard InChI is InChI=1S/C18H19N5O2/c1-12-11-15(25-22-12)18(24)19-14-8-6-13(7-9-14)17-21-20-16-5-3-2-4-10-23(16)17/h6-9,11H,2-5,10H2,1H3,(H,19,24). The number of nitrogens with one attached hydrogen (secondary N) is 1. The molecule has 0 unspecified atom stereocenters. The highest BCUT2D eigenvalue weighted by atomic mass is 16.5. The highest BCUT2D eigenvalue weighted by molar-refractivity contribution is 6.02. The zero-order valence-corrected chi connectivity index (χ0v) is 14.0. The van der Waals surface area contributed by atoms with Gasteiger partial charge in [-0.05, 0) is 44.0 Å².